The summed E-state index contributed by atoms with van der Waals surface area (Å²) in [5, 5.41) is 0. The zero-order valence-electron chi connectivity index (χ0n) is 10.2. The van der Waals surface area contributed by atoms with Gasteiger partial charge >= 0.3 is 0 Å². The second-order valence-corrected chi connectivity index (χ2v) is 4.73. The Bertz CT molecular complexity index is 550. The van der Waals surface area contributed by atoms with Crippen molar-refractivity contribution < 1.29 is 8.78 Å². The molecule has 0 spiro atoms. The van der Waals surface area contributed by atoms with E-state index in [0.717, 1.165) is 5.56 Å². The average molecular weight is 247 g/mol. The molecule has 94 valence electrons. The number of halogens is 2. The van der Waals surface area contributed by atoms with E-state index in [1.54, 1.807) is 18.2 Å². The van der Waals surface area contributed by atoms with Gasteiger partial charge in [-0.1, -0.05) is 24.3 Å². The summed E-state index contributed by atoms with van der Waals surface area (Å²) in [6, 6.07) is 12.5. The lowest BCUT2D eigenvalue weighted by atomic mass is 9.86. The predicted molar refractivity (Wildman–Crippen MR) is 68.0 cm³/mol. The Labute approximate surface area is 105 Å². The smallest absolute Gasteiger partial charge is 0.123 e. The third-order valence-electron chi connectivity index (χ3n) is 2.94. The molecule has 0 heterocycles. The Balaban J connectivity index is 2.26. The van der Waals surface area contributed by atoms with Gasteiger partial charge in [0.2, 0.25) is 0 Å². The van der Waals surface area contributed by atoms with E-state index in [9.17, 15) is 8.78 Å². The Morgan fingerprint density at radius 3 is 2.22 bits per heavy atom. The van der Waals surface area contributed by atoms with E-state index in [1.807, 2.05) is 13.0 Å². The van der Waals surface area contributed by atoms with Crippen LogP contribution in [0, 0.1) is 11.6 Å². The van der Waals surface area contributed by atoms with Crippen LogP contribution < -0.4 is 5.73 Å². The molecule has 0 aliphatic heterocycles. The number of hydrogen-bond donors (Lipinski definition) is 1. The molecule has 0 aliphatic carbocycles. The fourth-order valence-corrected chi connectivity index (χ4v) is 2.02. The van der Waals surface area contributed by atoms with Crippen LogP contribution in [0.4, 0.5) is 8.78 Å². The zero-order valence-corrected chi connectivity index (χ0v) is 10.2. The van der Waals surface area contributed by atoms with Gasteiger partial charge in [0, 0.05) is 5.54 Å². The van der Waals surface area contributed by atoms with Crippen molar-refractivity contribution in [2.45, 2.75) is 18.9 Å². The number of nitrogens with two attached hydrogens (primary N) is 1. The molecule has 2 aromatic rings. The summed E-state index contributed by atoms with van der Waals surface area (Å²) in [4.78, 5) is 0. The van der Waals surface area contributed by atoms with Gasteiger partial charge in [-0.05, 0) is 48.7 Å². The van der Waals surface area contributed by atoms with Crippen LogP contribution in [0.15, 0.2) is 48.5 Å². The summed E-state index contributed by atoms with van der Waals surface area (Å²) in [5.41, 5.74) is 6.97. The van der Waals surface area contributed by atoms with Crippen molar-refractivity contribution >= 4 is 0 Å². The van der Waals surface area contributed by atoms with Gasteiger partial charge in [0.05, 0.1) is 0 Å². The van der Waals surface area contributed by atoms with Gasteiger partial charge in [-0.25, -0.2) is 8.78 Å². The molecule has 1 nitrogen and oxygen atoms in total. The third kappa shape index (κ3) is 2.93. The van der Waals surface area contributed by atoms with Gasteiger partial charge in [0.1, 0.15) is 11.6 Å². The van der Waals surface area contributed by atoms with E-state index in [2.05, 4.69) is 0 Å². The molecule has 0 aromatic heterocycles. The molecule has 0 bridgehead atoms. The predicted octanol–water partition coefficient (Wildman–Crippen LogP) is 3.38. The van der Waals surface area contributed by atoms with E-state index in [-0.39, 0.29) is 11.6 Å². The van der Waals surface area contributed by atoms with Crippen molar-refractivity contribution in [3.63, 3.8) is 0 Å². The second kappa shape index (κ2) is 4.86. The molecule has 18 heavy (non-hydrogen) atoms. The number of rotatable bonds is 3. The van der Waals surface area contributed by atoms with E-state index in [0.29, 0.717) is 12.0 Å². The lowest BCUT2D eigenvalue weighted by Gasteiger charge is -2.25. The molecule has 0 fully saturated rings. The minimum atomic E-state index is -0.726. The molecular formula is C15H15F2N. The molecule has 0 saturated carbocycles. The van der Waals surface area contributed by atoms with Gasteiger partial charge in [0.15, 0.2) is 0 Å². The first-order chi connectivity index (χ1) is 8.47. The molecule has 0 aliphatic rings. The SMILES string of the molecule is CC(N)(Cc1cccc(F)c1)c1cccc(F)c1. The van der Waals surface area contributed by atoms with Crippen LogP contribution in [-0.2, 0) is 12.0 Å². The van der Waals surface area contributed by atoms with Crippen molar-refractivity contribution in [3.05, 3.63) is 71.3 Å². The molecule has 2 rings (SSSR count). The van der Waals surface area contributed by atoms with Crippen molar-refractivity contribution in [1.82, 2.24) is 0 Å². The summed E-state index contributed by atoms with van der Waals surface area (Å²) in [6.45, 7) is 1.81. The van der Waals surface area contributed by atoms with Crippen LogP contribution in [0.25, 0.3) is 0 Å². The van der Waals surface area contributed by atoms with Crippen molar-refractivity contribution in [2.24, 2.45) is 5.73 Å². The number of benzene rings is 2. The molecule has 2 aromatic carbocycles. The van der Waals surface area contributed by atoms with Gasteiger partial charge in [-0.3, -0.25) is 0 Å². The highest BCUT2D eigenvalue weighted by molar-refractivity contribution is 5.28. The highest BCUT2D eigenvalue weighted by Crippen LogP contribution is 2.23. The average Bonchev–Trinajstić information content (AvgIpc) is 2.28. The Hall–Kier alpha value is -1.74. The van der Waals surface area contributed by atoms with Crippen LogP contribution in [0.5, 0.6) is 0 Å². The summed E-state index contributed by atoms with van der Waals surface area (Å²) in [6.07, 6.45) is 0.453. The van der Waals surface area contributed by atoms with Crippen LogP contribution in [-0.4, -0.2) is 0 Å². The van der Waals surface area contributed by atoms with Gasteiger partial charge in [0.25, 0.3) is 0 Å². The minimum absolute atomic E-state index is 0.289. The van der Waals surface area contributed by atoms with E-state index in [1.165, 1.54) is 24.3 Å². The minimum Gasteiger partial charge on any atom is -0.321 e. The lowest BCUT2D eigenvalue weighted by Crippen LogP contribution is -2.35. The van der Waals surface area contributed by atoms with Crippen molar-refractivity contribution in [3.8, 4) is 0 Å². The van der Waals surface area contributed by atoms with Gasteiger partial charge < -0.3 is 5.73 Å². The van der Waals surface area contributed by atoms with Crippen molar-refractivity contribution in [2.75, 3.05) is 0 Å². The standard InChI is InChI=1S/C15H15F2N/c1-15(18,12-5-3-7-14(17)9-12)10-11-4-2-6-13(16)8-11/h2-9H,10,18H2,1H3. The van der Waals surface area contributed by atoms with Crippen LogP contribution >= 0.6 is 0 Å². The first-order valence-corrected chi connectivity index (χ1v) is 5.77. The fraction of sp³-hybridized carbons (Fsp3) is 0.200. The lowest BCUT2D eigenvalue weighted by molar-refractivity contribution is 0.484. The fourth-order valence-electron chi connectivity index (χ4n) is 2.02. The van der Waals surface area contributed by atoms with E-state index >= 15 is 0 Å². The van der Waals surface area contributed by atoms with E-state index < -0.39 is 5.54 Å². The maximum atomic E-state index is 13.2. The summed E-state index contributed by atoms with van der Waals surface area (Å²) in [5.74, 6) is -0.606. The summed E-state index contributed by atoms with van der Waals surface area (Å²) >= 11 is 0. The number of hydrogen-bond acceptors (Lipinski definition) is 1. The highest BCUT2D eigenvalue weighted by atomic mass is 19.1. The van der Waals surface area contributed by atoms with Gasteiger partial charge in [-0.2, -0.15) is 0 Å². The summed E-state index contributed by atoms with van der Waals surface area (Å²) in [7, 11) is 0. The van der Waals surface area contributed by atoms with Crippen LogP contribution in [0.3, 0.4) is 0 Å². The molecule has 3 heteroatoms. The Kier molecular flexibility index (Phi) is 3.43. The normalized spacial score (nSPS) is 14.2. The van der Waals surface area contributed by atoms with E-state index in [4.69, 9.17) is 5.73 Å². The molecular weight excluding hydrogens is 232 g/mol. The first-order valence-electron chi connectivity index (χ1n) is 5.77. The topological polar surface area (TPSA) is 26.0 Å². The monoisotopic (exact) mass is 247 g/mol. The molecule has 0 saturated heterocycles. The largest absolute Gasteiger partial charge is 0.321 e. The maximum Gasteiger partial charge on any atom is 0.123 e. The molecule has 1 unspecified atom stereocenters. The second-order valence-electron chi connectivity index (χ2n) is 4.73. The Morgan fingerprint density at radius 1 is 1.00 bits per heavy atom. The van der Waals surface area contributed by atoms with Crippen LogP contribution in [0.2, 0.25) is 0 Å². The third-order valence-corrected chi connectivity index (χ3v) is 2.94. The Morgan fingerprint density at radius 2 is 1.61 bits per heavy atom. The van der Waals surface area contributed by atoms with Gasteiger partial charge in [-0.15, -0.1) is 0 Å². The molecule has 2 N–H and O–H groups in total. The molecule has 1 atom stereocenters. The van der Waals surface area contributed by atoms with Crippen LogP contribution in [0.1, 0.15) is 18.1 Å². The first kappa shape index (κ1) is 12.7. The summed E-state index contributed by atoms with van der Waals surface area (Å²) < 4.78 is 26.3. The van der Waals surface area contributed by atoms with Crippen molar-refractivity contribution in [1.29, 1.82) is 0 Å². The highest BCUT2D eigenvalue weighted by Gasteiger charge is 2.22. The molecule has 0 amide bonds. The maximum absolute atomic E-state index is 13.2. The quantitative estimate of drug-likeness (QED) is 0.884. The molecule has 0 radical (unpaired) electrons. The zero-order chi connectivity index (χ0) is 13.2.